The molecule has 2 aromatic heterocycles. The van der Waals surface area contributed by atoms with Crippen molar-refractivity contribution in [2.75, 3.05) is 0 Å². The fraction of sp³-hybridized carbons (Fsp3) is 0.308. The van der Waals surface area contributed by atoms with Gasteiger partial charge in [-0.1, -0.05) is 13.3 Å². The van der Waals surface area contributed by atoms with Crippen LogP contribution >= 0.6 is 0 Å². The molecular weight excluding hydrogens is 230 g/mol. The number of aromatic nitrogens is 3. The third-order valence-corrected chi connectivity index (χ3v) is 2.70. The fourth-order valence-electron chi connectivity index (χ4n) is 1.86. The summed E-state index contributed by atoms with van der Waals surface area (Å²) in [5, 5.41) is 13.3. The van der Waals surface area contributed by atoms with Crippen molar-refractivity contribution in [1.82, 2.24) is 14.8 Å². The summed E-state index contributed by atoms with van der Waals surface area (Å²) in [4.78, 5) is 15.4. The molecule has 0 radical (unpaired) electrons. The van der Waals surface area contributed by atoms with Gasteiger partial charge in [-0.3, -0.25) is 0 Å². The molecule has 2 aromatic rings. The lowest BCUT2D eigenvalue weighted by Gasteiger charge is -2.07. The van der Waals surface area contributed by atoms with E-state index in [1.54, 1.807) is 10.9 Å². The summed E-state index contributed by atoms with van der Waals surface area (Å²) in [6, 6.07) is 3.78. The summed E-state index contributed by atoms with van der Waals surface area (Å²) in [6.45, 7) is 3.97. The van der Waals surface area contributed by atoms with Crippen molar-refractivity contribution in [2.45, 2.75) is 26.7 Å². The zero-order valence-electron chi connectivity index (χ0n) is 10.4. The van der Waals surface area contributed by atoms with E-state index in [0.717, 1.165) is 12.0 Å². The van der Waals surface area contributed by atoms with E-state index in [0.29, 0.717) is 17.9 Å². The third kappa shape index (κ3) is 2.25. The minimum Gasteiger partial charge on any atom is -0.478 e. The van der Waals surface area contributed by atoms with Gasteiger partial charge >= 0.3 is 5.97 Å². The van der Waals surface area contributed by atoms with Crippen molar-refractivity contribution in [3.8, 4) is 5.82 Å². The molecule has 1 N–H and O–H groups in total. The van der Waals surface area contributed by atoms with Crippen molar-refractivity contribution in [1.29, 1.82) is 0 Å². The van der Waals surface area contributed by atoms with E-state index in [1.165, 1.54) is 6.20 Å². The Balaban J connectivity index is 2.54. The number of aryl methyl sites for hydroxylation is 1. The quantitative estimate of drug-likeness (QED) is 0.896. The molecule has 0 fully saturated rings. The van der Waals surface area contributed by atoms with Crippen molar-refractivity contribution < 1.29 is 9.90 Å². The first-order chi connectivity index (χ1) is 8.63. The molecule has 0 saturated heterocycles. The van der Waals surface area contributed by atoms with Crippen LogP contribution in [0.25, 0.3) is 5.82 Å². The van der Waals surface area contributed by atoms with Gasteiger partial charge in [0.2, 0.25) is 0 Å². The van der Waals surface area contributed by atoms with Gasteiger partial charge in [-0.2, -0.15) is 5.10 Å². The molecular formula is C13H15N3O2. The van der Waals surface area contributed by atoms with Gasteiger partial charge in [0.1, 0.15) is 5.56 Å². The number of hydrogen-bond acceptors (Lipinski definition) is 3. The van der Waals surface area contributed by atoms with Crippen molar-refractivity contribution >= 4 is 5.97 Å². The molecule has 0 atom stereocenters. The zero-order valence-corrected chi connectivity index (χ0v) is 10.4. The Labute approximate surface area is 105 Å². The number of carbonyl (C=O) groups is 1. The first-order valence-corrected chi connectivity index (χ1v) is 5.86. The first-order valence-electron chi connectivity index (χ1n) is 5.86. The van der Waals surface area contributed by atoms with Crippen LogP contribution in [-0.4, -0.2) is 25.8 Å². The summed E-state index contributed by atoms with van der Waals surface area (Å²) < 4.78 is 1.61. The molecule has 0 saturated carbocycles. The maximum Gasteiger partial charge on any atom is 0.339 e. The number of carboxylic acid groups (broad SMARTS) is 1. The molecule has 0 aromatic carbocycles. The highest BCUT2D eigenvalue weighted by Gasteiger charge is 2.17. The average molecular weight is 245 g/mol. The summed E-state index contributed by atoms with van der Waals surface area (Å²) in [7, 11) is 0. The molecule has 2 heterocycles. The van der Waals surface area contributed by atoms with Gasteiger partial charge in [-0.05, 0) is 31.0 Å². The van der Waals surface area contributed by atoms with Crippen LogP contribution in [0.3, 0.4) is 0 Å². The van der Waals surface area contributed by atoms with E-state index in [-0.39, 0.29) is 5.56 Å². The Bertz CT molecular complexity index is 575. The second-order valence-corrected chi connectivity index (χ2v) is 4.16. The second kappa shape index (κ2) is 5.00. The predicted octanol–water partition coefficient (Wildman–Crippen LogP) is 2.23. The molecule has 5 heteroatoms. The van der Waals surface area contributed by atoms with Crippen LogP contribution in [-0.2, 0) is 6.42 Å². The largest absolute Gasteiger partial charge is 0.478 e. The molecule has 5 nitrogen and oxygen atoms in total. The Hall–Kier alpha value is -2.17. The van der Waals surface area contributed by atoms with E-state index in [1.807, 2.05) is 26.0 Å². The maximum atomic E-state index is 11.1. The van der Waals surface area contributed by atoms with Gasteiger partial charge in [-0.25, -0.2) is 14.5 Å². The molecule has 0 aliphatic heterocycles. The third-order valence-electron chi connectivity index (χ3n) is 2.70. The highest BCUT2D eigenvalue weighted by atomic mass is 16.4. The van der Waals surface area contributed by atoms with E-state index >= 15 is 0 Å². The topological polar surface area (TPSA) is 68.0 Å². The molecule has 94 valence electrons. The highest BCUT2D eigenvalue weighted by Crippen LogP contribution is 2.16. The molecule has 0 amide bonds. The first kappa shape index (κ1) is 12.3. The molecule has 0 aliphatic rings. The van der Waals surface area contributed by atoms with Gasteiger partial charge in [0.15, 0.2) is 5.82 Å². The number of aromatic carboxylic acids is 1. The Kier molecular flexibility index (Phi) is 3.41. The van der Waals surface area contributed by atoms with E-state index in [9.17, 15) is 4.79 Å². The SMILES string of the molecule is CCCc1c(C(=O)O)cnn1-c1cc(C)ccn1. The number of rotatable bonds is 4. The van der Waals surface area contributed by atoms with Crippen molar-refractivity contribution in [3.05, 3.63) is 41.3 Å². The Morgan fingerprint density at radius 2 is 2.28 bits per heavy atom. The molecule has 0 unspecified atom stereocenters. The maximum absolute atomic E-state index is 11.1. The standard InChI is InChI=1S/C13H15N3O2/c1-3-4-11-10(13(17)18)8-15-16(11)12-7-9(2)5-6-14-12/h5-8H,3-4H2,1-2H3,(H,17,18). The van der Waals surface area contributed by atoms with Crippen LogP contribution in [0.15, 0.2) is 24.5 Å². The fourth-order valence-corrected chi connectivity index (χ4v) is 1.86. The monoisotopic (exact) mass is 245 g/mol. The second-order valence-electron chi connectivity index (χ2n) is 4.16. The summed E-state index contributed by atoms with van der Waals surface area (Å²) in [5.41, 5.74) is 2.01. The number of hydrogen-bond donors (Lipinski definition) is 1. The van der Waals surface area contributed by atoms with Crippen LogP contribution in [0.5, 0.6) is 0 Å². The van der Waals surface area contributed by atoms with E-state index in [4.69, 9.17) is 5.11 Å². The van der Waals surface area contributed by atoms with Crippen LogP contribution < -0.4 is 0 Å². The van der Waals surface area contributed by atoms with Gasteiger partial charge in [0.05, 0.1) is 11.9 Å². The lowest BCUT2D eigenvalue weighted by Crippen LogP contribution is -2.08. The minimum atomic E-state index is -0.947. The number of nitrogens with zero attached hydrogens (tertiary/aromatic N) is 3. The molecule has 0 spiro atoms. The van der Waals surface area contributed by atoms with E-state index < -0.39 is 5.97 Å². The van der Waals surface area contributed by atoms with Gasteiger partial charge in [0, 0.05) is 6.20 Å². The Morgan fingerprint density at radius 3 is 2.89 bits per heavy atom. The summed E-state index contributed by atoms with van der Waals surface area (Å²) >= 11 is 0. The average Bonchev–Trinajstić information content (AvgIpc) is 2.73. The molecule has 18 heavy (non-hydrogen) atoms. The predicted molar refractivity (Wildman–Crippen MR) is 67.1 cm³/mol. The van der Waals surface area contributed by atoms with Crippen LogP contribution in [0.1, 0.15) is 35.0 Å². The highest BCUT2D eigenvalue weighted by molar-refractivity contribution is 5.88. The smallest absolute Gasteiger partial charge is 0.339 e. The lowest BCUT2D eigenvalue weighted by molar-refractivity contribution is 0.0695. The minimum absolute atomic E-state index is 0.250. The zero-order chi connectivity index (χ0) is 13.1. The molecule has 0 aliphatic carbocycles. The summed E-state index contributed by atoms with van der Waals surface area (Å²) in [6.07, 6.45) is 4.61. The van der Waals surface area contributed by atoms with Crippen LogP contribution in [0, 0.1) is 6.92 Å². The Morgan fingerprint density at radius 1 is 1.50 bits per heavy atom. The van der Waals surface area contributed by atoms with Crippen LogP contribution in [0.2, 0.25) is 0 Å². The van der Waals surface area contributed by atoms with Crippen molar-refractivity contribution in [2.24, 2.45) is 0 Å². The van der Waals surface area contributed by atoms with Crippen LogP contribution in [0.4, 0.5) is 0 Å². The lowest BCUT2D eigenvalue weighted by atomic mass is 10.1. The van der Waals surface area contributed by atoms with E-state index in [2.05, 4.69) is 10.1 Å². The molecule has 0 bridgehead atoms. The summed E-state index contributed by atoms with van der Waals surface area (Å²) in [5.74, 6) is -0.289. The van der Waals surface area contributed by atoms with Gasteiger partial charge in [0.25, 0.3) is 0 Å². The van der Waals surface area contributed by atoms with Gasteiger partial charge in [-0.15, -0.1) is 0 Å². The van der Waals surface area contributed by atoms with Crippen molar-refractivity contribution in [3.63, 3.8) is 0 Å². The molecule has 2 rings (SSSR count). The number of carboxylic acids is 1. The number of pyridine rings is 1. The normalized spacial score (nSPS) is 10.6. The van der Waals surface area contributed by atoms with Gasteiger partial charge < -0.3 is 5.11 Å².